The number of imidazole rings is 1. The lowest BCUT2D eigenvalue weighted by molar-refractivity contribution is -0.135. The van der Waals surface area contributed by atoms with E-state index >= 15 is 0 Å². The lowest BCUT2D eigenvalue weighted by atomic mass is 10.0. The molecule has 3 aromatic carbocycles. The molecule has 3 aromatic heterocycles. The molecule has 1 unspecified atom stereocenters. The van der Waals surface area contributed by atoms with E-state index in [2.05, 4.69) is 27.3 Å². The minimum atomic E-state index is -0.729. The molecule has 2 atom stereocenters. The maximum absolute atomic E-state index is 13.1. The van der Waals surface area contributed by atoms with Crippen LogP contribution in [0.15, 0.2) is 71.5 Å². The molecular formula is C45H49N7O9S. The van der Waals surface area contributed by atoms with Gasteiger partial charge < -0.3 is 34.9 Å². The highest BCUT2D eigenvalue weighted by Gasteiger charge is 2.31. The summed E-state index contributed by atoms with van der Waals surface area (Å²) in [4.78, 5) is 68.1. The smallest absolute Gasteiger partial charge is 0.329 e. The minimum absolute atomic E-state index is 0.0400. The van der Waals surface area contributed by atoms with Gasteiger partial charge >= 0.3 is 5.69 Å². The molecule has 0 aliphatic carbocycles. The lowest BCUT2D eigenvalue weighted by Gasteiger charge is -2.21. The van der Waals surface area contributed by atoms with E-state index in [0.717, 1.165) is 54.6 Å². The van der Waals surface area contributed by atoms with Crippen LogP contribution in [0.25, 0.3) is 43.3 Å². The third kappa shape index (κ3) is 9.41. The van der Waals surface area contributed by atoms with Crippen LogP contribution in [0.1, 0.15) is 46.6 Å². The quantitative estimate of drug-likeness (QED) is 0.0715. The summed E-state index contributed by atoms with van der Waals surface area (Å²) in [6.07, 6.45) is 1.04. The molecule has 0 spiro atoms. The number of aromatic nitrogens is 3. The largest absolute Gasteiger partial charge is 0.381 e. The van der Waals surface area contributed by atoms with Crippen molar-refractivity contribution in [3.05, 3.63) is 93.2 Å². The summed E-state index contributed by atoms with van der Waals surface area (Å²) in [5.74, 6) is -1.06. The van der Waals surface area contributed by atoms with Crippen molar-refractivity contribution < 1.29 is 38.1 Å². The predicted octanol–water partition coefficient (Wildman–Crippen LogP) is 4.22. The fraction of sp³-hybridized carbons (Fsp3) is 0.378. The number of nitrogens with zero attached hydrogens (tertiary/aromatic N) is 3. The number of rotatable bonds is 18. The third-order valence-electron chi connectivity index (χ3n) is 11.0. The molecule has 8 rings (SSSR count). The molecule has 5 heterocycles. The van der Waals surface area contributed by atoms with Gasteiger partial charge in [-0.1, -0.05) is 36.4 Å². The van der Waals surface area contributed by atoms with Crippen LogP contribution in [-0.4, -0.2) is 103 Å². The number of para-hydroxylation sites is 1. The lowest BCUT2D eigenvalue weighted by Crippen LogP contribution is -2.44. The molecule has 324 valence electrons. The highest BCUT2D eigenvalue weighted by Crippen LogP contribution is 2.41. The number of thiophene rings is 1. The fourth-order valence-electron chi connectivity index (χ4n) is 7.89. The predicted molar refractivity (Wildman–Crippen MR) is 235 cm³/mol. The molecule has 62 heavy (non-hydrogen) atoms. The van der Waals surface area contributed by atoms with Crippen LogP contribution in [0.3, 0.4) is 0 Å². The molecular weight excluding hydrogens is 815 g/mol. The van der Waals surface area contributed by atoms with Gasteiger partial charge in [-0.2, -0.15) is 0 Å². The van der Waals surface area contributed by atoms with Gasteiger partial charge in [-0.15, -0.1) is 11.3 Å². The van der Waals surface area contributed by atoms with Crippen molar-refractivity contribution in [2.75, 3.05) is 64.7 Å². The molecule has 17 heteroatoms. The monoisotopic (exact) mass is 863 g/mol. The van der Waals surface area contributed by atoms with Gasteiger partial charge in [0, 0.05) is 53.6 Å². The summed E-state index contributed by atoms with van der Waals surface area (Å²) in [6, 6.07) is 20.9. The van der Waals surface area contributed by atoms with E-state index in [1.54, 1.807) is 11.6 Å². The maximum Gasteiger partial charge on any atom is 0.329 e. The van der Waals surface area contributed by atoms with E-state index in [9.17, 15) is 24.0 Å². The molecule has 2 aliphatic rings. The number of hydrogen-bond donors (Lipinski definition) is 4. The van der Waals surface area contributed by atoms with Crippen molar-refractivity contribution in [2.45, 2.75) is 44.8 Å². The first-order valence-corrected chi connectivity index (χ1v) is 21.6. The summed E-state index contributed by atoms with van der Waals surface area (Å²) in [7, 11) is 1.68. The number of piperidine rings is 1. The standard InChI is InChI=1S/C45H49N7O9S/c1-27-24-47-40-39-31-10-11-32(49-33(31)12-14-36(39)62-42(40)44(56)48-27)29-8-6-28(7-9-29)25-46-38(54)26-61-23-22-60-21-20-59-19-18-58-17-16-30-4-3-5-34-41(30)51(2)45(57)52(34)35-13-15-37(53)50-43(35)55/h3-12,14,27,35,47H,13,15-26H2,1-2H3,(H,46,54)(H,48,56)(H,50,53,55)/t27-,35?/m1/s1. The number of benzene rings is 3. The van der Waals surface area contributed by atoms with Gasteiger partial charge in [-0.25, -0.2) is 9.78 Å². The first-order chi connectivity index (χ1) is 30.2. The van der Waals surface area contributed by atoms with Gasteiger partial charge in [-0.3, -0.25) is 33.6 Å². The number of aryl methyl sites for hydroxylation is 1. The third-order valence-corrected chi connectivity index (χ3v) is 12.2. The molecule has 16 nitrogen and oxygen atoms in total. The molecule has 0 radical (unpaired) electrons. The average Bonchev–Trinajstić information content (AvgIpc) is 3.73. The van der Waals surface area contributed by atoms with Gasteiger partial charge in [0.15, 0.2) is 0 Å². The fourth-order valence-corrected chi connectivity index (χ4v) is 8.99. The molecule has 4 N–H and O–H groups in total. The number of imide groups is 1. The SMILES string of the molecule is C[C@@H]1CNc2c(sc3ccc4nc(-c5ccc(CNC(=O)COCCOCCOCCOCCc6cccc7c6n(C)c(=O)n7C6CCC(=O)NC6=O)cc5)ccc4c23)C(=O)N1. The Bertz CT molecular complexity index is 2690. The second-order valence-electron chi connectivity index (χ2n) is 15.3. The summed E-state index contributed by atoms with van der Waals surface area (Å²) in [5.41, 5.74) is 6.48. The maximum atomic E-state index is 13.1. The Hall–Kier alpha value is -5.98. The van der Waals surface area contributed by atoms with Crippen LogP contribution in [-0.2, 0) is 53.3 Å². The Labute approximate surface area is 360 Å². The first kappa shape index (κ1) is 42.7. The van der Waals surface area contributed by atoms with Crippen molar-refractivity contribution in [1.29, 1.82) is 0 Å². The topological polar surface area (TPSA) is 193 Å². The van der Waals surface area contributed by atoms with Crippen molar-refractivity contribution in [3.8, 4) is 11.3 Å². The highest BCUT2D eigenvalue weighted by atomic mass is 32.1. The number of carbonyl (C=O) groups excluding carboxylic acids is 4. The molecule has 1 fully saturated rings. The number of hydrogen-bond acceptors (Lipinski definition) is 12. The number of anilines is 1. The zero-order chi connectivity index (χ0) is 43.2. The summed E-state index contributed by atoms with van der Waals surface area (Å²) in [6.45, 7) is 5.47. The Morgan fingerprint density at radius 2 is 1.63 bits per heavy atom. The van der Waals surface area contributed by atoms with Gasteiger partial charge in [0.05, 0.1) is 74.2 Å². The van der Waals surface area contributed by atoms with Crippen molar-refractivity contribution in [3.63, 3.8) is 0 Å². The number of carbonyl (C=O) groups is 4. The van der Waals surface area contributed by atoms with Crippen LogP contribution in [0.2, 0.25) is 0 Å². The minimum Gasteiger partial charge on any atom is -0.381 e. The Kier molecular flexibility index (Phi) is 13.3. The van der Waals surface area contributed by atoms with E-state index < -0.39 is 11.9 Å². The second-order valence-corrected chi connectivity index (χ2v) is 16.4. The average molecular weight is 864 g/mol. The number of pyridine rings is 1. The summed E-state index contributed by atoms with van der Waals surface area (Å²) in [5, 5.41) is 13.8. The van der Waals surface area contributed by atoms with Crippen LogP contribution in [0.4, 0.5) is 5.69 Å². The van der Waals surface area contributed by atoms with E-state index in [-0.39, 0.29) is 55.5 Å². The zero-order valence-corrected chi connectivity index (χ0v) is 35.4. The van der Waals surface area contributed by atoms with Crippen molar-refractivity contribution in [1.82, 2.24) is 30.1 Å². The normalized spacial score (nSPS) is 16.6. The summed E-state index contributed by atoms with van der Waals surface area (Å²) >= 11 is 1.49. The van der Waals surface area contributed by atoms with E-state index in [4.69, 9.17) is 23.9 Å². The zero-order valence-electron chi connectivity index (χ0n) is 34.6. The van der Waals surface area contributed by atoms with Gasteiger partial charge in [0.1, 0.15) is 17.5 Å². The first-order valence-electron chi connectivity index (χ1n) is 20.8. The molecule has 0 bridgehead atoms. The molecule has 4 amide bonds. The highest BCUT2D eigenvalue weighted by molar-refractivity contribution is 7.21. The van der Waals surface area contributed by atoms with E-state index in [1.807, 2.05) is 67.6 Å². The van der Waals surface area contributed by atoms with Crippen molar-refractivity contribution >= 4 is 72.7 Å². The number of amides is 4. The number of nitrogens with one attached hydrogen (secondary N) is 4. The van der Waals surface area contributed by atoms with E-state index in [1.165, 1.54) is 15.9 Å². The Morgan fingerprint density at radius 1 is 0.887 bits per heavy atom. The number of fused-ring (bicyclic) bond motifs is 6. The summed E-state index contributed by atoms with van der Waals surface area (Å²) < 4.78 is 26.5. The van der Waals surface area contributed by atoms with Gasteiger partial charge in [-0.05, 0) is 61.2 Å². The Balaban J connectivity index is 0.686. The van der Waals surface area contributed by atoms with E-state index in [0.29, 0.717) is 69.5 Å². The van der Waals surface area contributed by atoms with Crippen LogP contribution >= 0.6 is 11.3 Å². The van der Waals surface area contributed by atoms with Crippen LogP contribution in [0, 0.1) is 0 Å². The van der Waals surface area contributed by atoms with Gasteiger partial charge in [0.2, 0.25) is 17.7 Å². The molecule has 2 aliphatic heterocycles. The second kappa shape index (κ2) is 19.4. The van der Waals surface area contributed by atoms with Crippen molar-refractivity contribution in [2.24, 2.45) is 7.05 Å². The molecule has 1 saturated heterocycles. The van der Waals surface area contributed by atoms with Crippen LogP contribution < -0.4 is 27.0 Å². The van der Waals surface area contributed by atoms with Gasteiger partial charge in [0.25, 0.3) is 5.91 Å². The molecule has 0 saturated carbocycles. The van der Waals surface area contributed by atoms with Crippen LogP contribution in [0.5, 0.6) is 0 Å². The Morgan fingerprint density at radius 3 is 2.39 bits per heavy atom. The number of ether oxygens (including phenoxy) is 4. The molecule has 6 aromatic rings.